The van der Waals surface area contributed by atoms with E-state index in [-0.39, 0.29) is 0 Å². The molecule has 2 aromatic rings. The van der Waals surface area contributed by atoms with E-state index < -0.39 is 0 Å². The zero-order chi connectivity index (χ0) is 11.4. The predicted octanol–water partition coefficient (Wildman–Crippen LogP) is 2.42. The standard InChI is InChI=1S/C7H5NS2.C3H6N2S/c9-7-8-5-3-1-2-4-6(5)10-7;6-3-4-1-2-5-3/h1-4H,(H,8,9);1-2H2,(H2,4,5,6). The first-order chi connectivity index (χ1) is 7.75. The topological polar surface area (TPSA) is 39.8 Å². The highest BCUT2D eigenvalue weighted by Crippen LogP contribution is 2.17. The average molecular weight is 269 g/mol. The summed E-state index contributed by atoms with van der Waals surface area (Å²) in [6.45, 7) is 1.97. The van der Waals surface area contributed by atoms with Crippen LogP contribution in [0.1, 0.15) is 0 Å². The summed E-state index contributed by atoms with van der Waals surface area (Å²) in [6, 6.07) is 8.11. The van der Waals surface area contributed by atoms with Gasteiger partial charge < -0.3 is 15.6 Å². The number of thiazole rings is 1. The van der Waals surface area contributed by atoms with Gasteiger partial charge in [0.25, 0.3) is 0 Å². The number of aromatic nitrogens is 1. The van der Waals surface area contributed by atoms with E-state index in [0.717, 1.165) is 27.7 Å². The van der Waals surface area contributed by atoms with Crippen LogP contribution in [0, 0.1) is 3.95 Å². The number of aromatic amines is 1. The maximum atomic E-state index is 4.98. The second-order valence-corrected chi connectivity index (χ2v) is 5.32. The van der Waals surface area contributed by atoms with E-state index in [1.54, 1.807) is 11.3 Å². The molecule has 0 spiro atoms. The van der Waals surface area contributed by atoms with Crippen molar-refractivity contribution in [2.45, 2.75) is 0 Å². The lowest BCUT2D eigenvalue weighted by Crippen LogP contribution is -2.19. The Labute approximate surface area is 108 Å². The zero-order valence-electron chi connectivity index (χ0n) is 8.45. The first-order valence-electron chi connectivity index (χ1n) is 4.85. The molecule has 1 aliphatic rings. The minimum Gasteiger partial charge on any atom is -0.361 e. The van der Waals surface area contributed by atoms with Crippen LogP contribution in [0.2, 0.25) is 0 Å². The van der Waals surface area contributed by atoms with Gasteiger partial charge in [0.1, 0.15) is 0 Å². The molecule has 0 aliphatic carbocycles. The first-order valence-corrected chi connectivity index (χ1v) is 6.48. The highest BCUT2D eigenvalue weighted by molar-refractivity contribution is 7.80. The summed E-state index contributed by atoms with van der Waals surface area (Å²) < 4.78 is 2.08. The smallest absolute Gasteiger partial charge is 0.166 e. The molecular formula is C10H11N3S3. The van der Waals surface area contributed by atoms with Crippen molar-refractivity contribution < 1.29 is 0 Å². The Kier molecular flexibility index (Phi) is 3.87. The average Bonchev–Trinajstić information content (AvgIpc) is 2.86. The van der Waals surface area contributed by atoms with Gasteiger partial charge in [0.15, 0.2) is 9.07 Å². The second-order valence-electron chi connectivity index (χ2n) is 3.19. The van der Waals surface area contributed by atoms with Gasteiger partial charge in [-0.3, -0.25) is 0 Å². The van der Waals surface area contributed by atoms with E-state index in [1.165, 1.54) is 4.70 Å². The fraction of sp³-hybridized carbons (Fsp3) is 0.200. The minimum atomic E-state index is 0.787. The van der Waals surface area contributed by atoms with Crippen LogP contribution < -0.4 is 10.6 Å². The number of H-pyrrole nitrogens is 1. The first kappa shape index (κ1) is 11.5. The lowest BCUT2D eigenvalue weighted by atomic mass is 10.3. The molecule has 1 fully saturated rings. The van der Waals surface area contributed by atoms with Gasteiger partial charge in [0.2, 0.25) is 0 Å². The van der Waals surface area contributed by atoms with Crippen molar-refractivity contribution in [2.75, 3.05) is 13.1 Å². The van der Waals surface area contributed by atoms with Crippen LogP contribution in [-0.2, 0) is 0 Å². The molecule has 2 heterocycles. The van der Waals surface area contributed by atoms with Crippen LogP contribution >= 0.6 is 35.8 Å². The SMILES string of the molecule is S=C1NCCN1.S=c1[nH]c2ccccc2s1. The summed E-state index contributed by atoms with van der Waals surface area (Å²) in [7, 11) is 0. The van der Waals surface area contributed by atoms with Gasteiger partial charge in [-0.15, -0.1) is 11.3 Å². The normalized spacial score (nSPS) is 13.9. The molecule has 0 atom stereocenters. The van der Waals surface area contributed by atoms with Crippen LogP contribution in [0.3, 0.4) is 0 Å². The van der Waals surface area contributed by atoms with E-state index in [1.807, 2.05) is 18.2 Å². The van der Waals surface area contributed by atoms with Gasteiger partial charge in [0.05, 0.1) is 10.2 Å². The van der Waals surface area contributed by atoms with E-state index in [4.69, 9.17) is 24.4 Å². The molecule has 3 rings (SSSR count). The summed E-state index contributed by atoms with van der Waals surface area (Å²) in [4.78, 5) is 3.09. The molecule has 84 valence electrons. The summed E-state index contributed by atoms with van der Waals surface area (Å²) in [5.74, 6) is 0. The summed E-state index contributed by atoms with van der Waals surface area (Å²) in [5.41, 5.74) is 1.14. The Hall–Kier alpha value is -0.980. The molecule has 1 aromatic heterocycles. The van der Waals surface area contributed by atoms with Crippen LogP contribution in [-0.4, -0.2) is 23.2 Å². The summed E-state index contributed by atoms with van der Waals surface area (Å²) in [6.07, 6.45) is 0. The molecule has 6 heteroatoms. The molecule has 0 amide bonds. The molecule has 0 unspecified atom stereocenters. The Morgan fingerprint density at radius 3 is 2.31 bits per heavy atom. The Morgan fingerprint density at radius 2 is 1.75 bits per heavy atom. The van der Waals surface area contributed by atoms with E-state index in [0.29, 0.717) is 0 Å². The summed E-state index contributed by atoms with van der Waals surface area (Å²) in [5, 5.41) is 6.67. The Balaban J connectivity index is 0.000000138. The van der Waals surface area contributed by atoms with Gasteiger partial charge in [-0.05, 0) is 36.6 Å². The number of thiocarbonyl (C=S) groups is 1. The van der Waals surface area contributed by atoms with Crippen molar-refractivity contribution in [2.24, 2.45) is 0 Å². The van der Waals surface area contributed by atoms with Gasteiger partial charge in [-0.25, -0.2) is 0 Å². The highest BCUT2D eigenvalue weighted by atomic mass is 32.1. The zero-order valence-corrected chi connectivity index (χ0v) is 10.9. The van der Waals surface area contributed by atoms with E-state index in [2.05, 4.69) is 21.7 Å². The van der Waals surface area contributed by atoms with E-state index in [9.17, 15) is 0 Å². The quantitative estimate of drug-likeness (QED) is 0.642. The maximum absolute atomic E-state index is 4.98. The number of para-hydroxylation sites is 1. The number of hydrogen-bond donors (Lipinski definition) is 3. The Bertz CT molecular complexity index is 499. The molecule has 1 saturated heterocycles. The van der Waals surface area contributed by atoms with Crippen molar-refractivity contribution in [1.29, 1.82) is 0 Å². The molecule has 3 N–H and O–H groups in total. The van der Waals surface area contributed by atoms with Crippen molar-refractivity contribution in [3.05, 3.63) is 28.2 Å². The molecule has 0 radical (unpaired) electrons. The lowest BCUT2D eigenvalue weighted by molar-refractivity contribution is 0.942. The fourth-order valence-corrected chi connectivity index (χ4v) is 2.63. The van der Waals surface area contributed by atoms with E-state index >= 15 is 0 Å². The third-order valence-corrected chi connectivity index (χ3v) is 3.53. The molecule has 0 bridgehead atoms. The minimum absolute atomic E-state index is 0.787. The maximum Gasteiger partial charge on any atom is 0.166 e. The van der Waals surface area contributed by atoms with Crippen molar-refractivity contribution >= 4 is 51.1 Å². The molecule has 3 nitrogen and oxygen atoms in total. The third-order valence-electron chi connectivity index (χ3n) is 2.02. The van der Waals surface area contributed by atoms with Crippen LogP contribution in [0.25, 0.3) is 10.2 Å². The van der Waals surface area contributed by atoms with Crippen LogP contribution in [0.15, 0.2) is 24.3 Å². The van der Waals surface area contributed by atoms with Gasteiger partial charge in [0, 0.05) is 13.1 Å². The number of hydrogen-bond acceptors (Lipinski definition) is 3. The predicted molar refractivity (Wildman–Crippen MR) is 75.6 cm³/mol. The van der Waals surface area contributed by atoms with Gasteiger partial charge in [-0.2, -0.15) is 0 Å². The number of nitrogens with one attached hydrogen (secondary N) is 3. The number of fused-ring (bicyclic) bond motifs is 1. The van der Waals surface area contributed by atoms with Gasteiger partial charge in [-0.1, -0.05) is 12.1 Å². The monoisotopic (exact) mass is 269 g/mol. The second kappa shape index (κ2) is 5.38. The van der Waals surface area contributed by atoms with Crippen LogP contribution in [0.4, 0.5) is 0 Å². The third kappa shape index (κ3) is 3.01. The van der Waals surface area contributed by atoms with Crippen molar-refractivity contribution in [3.63, 3.8) is 0 Å². The molecule has 16 heavy (non-hydrogen) atoms. The summed E-state index contributed by atoms with van der Waals surface area (Å²) >= 11 is 11.3. The highest BCUT2D eigenvalue weighted by Gasteiger charge is 1.98. The largest absolute Gasteiger partial charge is 0.361 e. The van der Waals surface area contributed by atoms with Gasteiger partial charge >= 0.3 is 0 Å². The molecule has 1 aliphatic heterocycles. The van der Waals surface area contributed by atoms with Crippen LogP contribution in [0.5, 0.6) is 0 Å². The van der Waals surface area contributed by atoms with Crippen molar-refractivity contribution in [1.82, 2.24) is 15.6 Å². The Morgan fingerprint density at radius 1 is 1.06 bits per heavy atom. The lowest BCUT2D eigenvalue weighted by Gasteiger charge is -1.85. The molecule has 0 saturated carbocycles. The fourth-order valence-electron chi connectivity index (χ4n) is 1.31. The molecular weight excluding hydrogens is 258 g/mol. The number of rotatable bonds is 0. The molecule has 1 aromatic carbocycles. The van der Waals surface area contributed by atoms with Crippen molar-refractivity contribution in [3.8, 4) is 0 Å². The number of benzene rings is 1.